The third-order valence-electron chi connectivity index (χ3n) is 2.26. The van der Waals surface area contributed by atoms with Crippen molar-refractivity contribution in [1.82, 2.24) is 5.32 Å². The number of nitrogens with two attached hydrogens (primary N) is 1. The van der Waals surface area contributed by atoms with Crippen LogP contribution in [-0.4, -0.2) is 6.03 Å². The summed E-state index contributed by atoms with van der Waals surface area (Å²) in [6.45, 7) is 3.74. The number of hydrogen-bond donors (Lipinski definition) is 2. The molecule has 88 valence electrons. The van der Waals surface area contributed by atoms with Crippen molar-refractivity contribution < 1.29 is 9.18 Å². The van der Waals surface area contributed by atoms with E-state index in [9.17, 15) is 9.18 Å². The second kappa shape index (κ2) is 5.16. The zero-order valence-corrected chi connectivity index (χ0v) is 9.88. The summed E-state index contributed by atoms with van der Waals surface area (Å²) in [5.74, 6) is -0.414. The molecule has 0 aliphatic rings. The molecule has 1 aromatic rings. The summed E-state index contributed by atoms with van der Waals surface area (Å²) in [6, 6.07) is 3.23. The normalized spacial score (nSPS) is 12.6. The molecule has 0 saturated carbocycles. The zero-order valence-electron chi connectivity index (χ0n) is 9.13. The molecule has 0 unspecified atom stereocenters. The molecule has 0 heterocycles. The molecular formula is C11H14ClFN2O. The number of rotatable bonds is 3. The fourth-order valence-electron chi connectivity index (χ4n) is 1.51. The zero-order chi connectivity index (χ0) is 12.3. The van der Waals surface area contributed by atoms with Crippen LogP contribution in [-0.2, 0) is 0 Å². The summed E-state index contributed by atoms with van der Waals surface area (Å²) in [5.41, 5.74) is 5.44. The number of halogens is 2. The quantitative estimate of drug-likeness (QED) is 0.844. The smallest absolute Gasteiger partial charge is 0.312 e. The maximum atomic E-state index is 13.6. The highest BCUT2D eigenvalue weighted by molar-refractivity contribution is 6.30. The molecule has 5 heteroatoms. The van der Waals surface area contributed by atoms with Crippen LogP contribution in [0.25, 0.3) is 0 Å². The van der Waals surface area contributed by atoms with Gasteiger partial charge >= 0.3 is 6.03 Å². The van der Waals surface area contributed by atoms with Crippen molar-refractivity contribution in [1.29, 1.82) is 0 Å². The predicted octanol–water partition coefficient (Wildman–Crippen LogP) is 2.84. The van der Waals surface area contributed by atoms with E-state index in [1.54, 1.807) is 12.1 Å². The minimum absolute atomic E-state index is 0.0307. The van der Waals surface area contributed by atoms with E-state index in [-0.39, 0.29) is 5.92 Å². The maximum absolute atomic E-state index is 13.6. The molecule has 0 aromatic heterocycles. The second-order valence-electron chi connectivity index (χ2n) is 3.90. The minimum atomic E-state index is -0.673. The lowest BCUT2D eigenvalue weighted by atomic mass is 9.96. The van der Waals surface area contributed by atoms with Gasteiger partial charge in [-0.05, 0) is 18.1 Å². The Balaban J connectivity index is 3.05. The first kappa shape index (κ1) is 12.8. The van der Waals surface area contributed by atoms with E-state index in [1.165, 1.54) is 6.07 Å². The van der Waals surface area contributed by atoms with Crippen molar-refractivity contribution in [3.63, 3.8) is 0 Å². The first-order valence-corrected chi connectivity index (χ1v) is 5.30. The van der Waals surface area contributed by atoms with Crippen LogP contribution in [0.3, 0.4) is 0 Å². The van der Waals surface area contributed by atoms with Gasteiger partial charge in [0.25, 0.3) is 0 Å². The molecule has 0 spiro atoms. The van der Waals surface area contributed by atoms with E-state index in [2.05, 4.69) is 5.32 Å². The summed E-state index contributed by atoms with van der Waals surface area (Å²) in [5, 5.41) is 2.83. The third-order valence-corrected chi connectivity index (χ3v) is 2.50. The van der Waals surface area contributed by atoms with Gasteiger partial charge in [-0.3, -0.25) is 0 Å². The molecule has 1 aromatic carbocycles. The van der Waals surface area contributed by atoms with E-state index < -0.39 is 17.9 Å². The molecule has 1 rings (SSSR count). The number of amides is 2. The molecule has 0 fully saturated rings. The first-order valence-electron chi connectivity index (χ1n) is 4.92. The number of primary amides is 1. The second-order valence-corrected chi connectivity index (χ2v) is 4.33. The summed E-state index contributed by atoms with van der Waals surface area (Å²) in [6.07, 6.45) is 0. The van der Waals surface area contributed by atoms with Gasteiger partial charge in [0.15, 0.2) is 0 Å². The van der Waals surface area contributed by atoms with Gasteiger partial charge in [-0.2, -0.15) is 0 Å². The van der Waals surface area contributed by atoms with Crippen LogP contribution in [0.1, 0.15) is 25.5 Å². The first-order chi connectivity index (χ1) is 7.41. The van der Waals surface area contributed by atoms with Gasteiger partial charge in [-0.15, -0.1) is 0 Å². The van der Waals surface area contributed by atoms with E-state index in [0.717, 1.165) is 0 Å². The van der Waals surface area contributed by atoms with E-state index >= 15 is 0 Å². The fourth-order valence-corrected chi connectivity index (χ4v) is 1.67. The molecule has 2 amide bonds. The summed E-state index contributed by atoms with van der Waals surface area (Å²) < 4.78 is 13.6. The lowest BCUT2D eigenvalue weighted by Crippen LogP contribution is -2.36. The third kappa shape index (κ3) is 3.10. The van der Waals surface area contributed by atoms with Gasteiger partial charge in [0.05, 0.1) is 6.04 Å². The Hall–Kier alpha value is -1.29. The Kier molecular flexibility index (Phi) is 4.12. The highest BCUT2D eigenvalue weighted by atomic mass is 35.5. The standard InChI is InChI=1S/C11H14ClFN2O/c1-6(2)10(15-11(14)16)8-4-3-7(12)5-9(8)13/h3-6,10H,1-2H3,(H3,14,15,16)/t10-/m0/s1. The summed E-state index contributed by atoms with van der Waals surface area (Å²) in [4.78, 5) is 10.8. The van der Waals surface area contributed by atoms with Crippen molar-refractivity contribution in [3.8, 4) is 0 Å². The average molecular weight is 245 g/mol. The lowest BCUT2D eigenvalue weighted by molar-refractivity contribution is 0.241. The molecule has 0 saturated heterocycles. The lowest BCUT2D eigenvalue weighted by Gasteiger charge is -2.22. The average Bonchev–Trinajstić information content (AvgIpc) is 2.14. The fraction of sp³-hybridized carbons (Fsp3) is 0.364. The number of carbonyl (C=O) groups is 1. The van der Waals surface area contributed by atoms with Gasteiger partial charge in [0, 0.05) is 10.6 Å². The van der Waals surface area contributed by atoms with Gasteiger partial charge in [-0.1, -0.05) is 31.5 Å². The van der Waals surface area contributed by atoms with Crippen molar-refractivity contribution in [2.24, 2.45) is 11.7 Å². The number of urea groups is 1. The molecule has 0 radical (unpaired) electrons. The highest BCUT2D eigenvalue weighted by Gasteiger charge is 2.20. The number of benzene rings is 1. The number of hydrogen-bond acceptors (Lipinski definition) is 1. The molecule has 0 bridgehead atoms. The van der Waals surface area contributed by atoms with Crippen LogP contribution in [0.5, 0.6) is 0 Å². The molecule has 0 aliphatic heterocycles. The minimum Gasteiger partial charge on any atom is -0.352 e. The summed E-state index contributed by atoms with van der Waals surface area (Å²) in [7, 11) is 0. The van der Waals surface area contributed by atoms with Crippen LogP contribution < -0.4 is 11.1 Å². The molecular weight excluding hydrogens is 231 g/mol. The molecule has 16 heavy (non-hydrogen) atoms. The van der Waals surface area contributed by atoms with Crippen LogP contribution in [0.15, 0.2) is 18.2 Å². The van der Waals surface area contributed by atoms with Crippen molar-refractivity contribution in [2.45, 2.75) is 19.9 Å². The maximum Gasteiger partial charge on any atom is 0.312 e. The predicted molar refractivity (Wildman–Crippen MR) is 61.7 cm³/mol. The van der Waals surface area contributed by atoms with Crippen LogP contribution in [0.4, 0.5) is 9.18 Å². The Morgan fingerprint density at radius 2 is 2.12 bits per heavy atom. The molecule has 3 N–H and O–H groups in total. The van der Waals surface area contributed by atoms with Crippen LogP contribution >= 0.6 is 11.6 Å². The highest BCUT2D eigenvalue weighted by Crippen LogP contribution is 2.26. The topological polar surface area (TPSA) is 55.1 Å². The Labute approximate surface area is 98.8 Å². The van der Waals surface area contributed by atoms with E-state index in [1.807, 2.05) is 13.8 Å². The van der Waals surface area contributed by atoms with Gasteiger partial charge < -0.3 is 11.1 Å². The molecule has 0 aliphatic carbocycles. The van der Waals surface area contributed by atoms with Gasteiger partial charge in [0.2, 0.25) is 0 Å². The van der Waals surface area contributed by atoms with Crippen molar-refractivity contribution >= 4 is 17.6 Å². The van der Waals surface area contributed by atoms with Crippen LogP contribution in [0, 0.1) is 11.7 Å². The van der Waals surface area contributed by atoms with Crippen molar-refractivity contribution in [2.75, 3.05) is 0 Å². The Morgan fingerprint density at radius 1 is 1.50 bits per heavy atom. The SMILES string of the molecule is CC(C)[C@H](NC(N)=O)c1ccc(Cl)cc1F. The number of carbonyl (C=O) groups excluding carboxylic acids is 1. The largest absolute Gasteiger partial charge is 0.352 e. The Morgan fingerprint density at radius 3 is 2.56 bits per heavy atom. The van der Waals surface area contributed by atoms with E-state index in [4.69, 9.17) is 17.3 Å². The van der Waals surface area contributed by atoms with Crippen LogP contribution in [0.2, 0.25) is 5.02 Å². The van der Waals surface area contributed by atoms with Gasteiger partial charge in [-0.25, -0.2) is 9.18 Å². The van der Waals surface area contributed by atoms with Crippen molar-refractivity contribution in [3.05, 3.63) is 34.6 Å². The monoisotopic (exact) mass is 244 g/mol. The molecule has 3 nitrogen and oxygen atoms in total. The van der Waals surface area contributed by atoms with Gasteiger partial charge in [0.1, 0.15) is 5.82 Å². The number of nitrogens with one attached hydrogen (secondary N) is 1. The Bertz CT molecular complexity index is 396. The van der Waals surface area contributed by atoms with E-state index in [0.29, 0.717) is 10.6 Å². The molecule has 1 atom stereocenters. The summed E-state index contributed by atoms with van der Waals surface area (Å²) >= 11 is 5.65.